The number of allylic oxidation sites excluding steroid dienone is 2. The van der Waals surface area contributed by atoms with E-state index >= 15 is 0 Å². The van der Waals surface area contributed by atoms with Crippen molar-refractivity contribution in [3.8, 4) is 0 Å². The number of hydrogen-bond acceptors (Lipinski definition) is 0. The Labute approximate surface area is 129 Å². The Morgan fingerprint density at radius 3 is 1.90 bits per heavy atom. The summed E-state index contributed by atoms with van der Waals surface area (Å²) in [6.07, 6.45) is 20.7. The van der Waals surface area contributed by atoms with E-state index in [4.69, 9.17) is 0 Å². The summed E-state index contributed by atoms with van der Waals surface area (Å²) in [6.45, 7) is 9.29. The minimum absolute atomic E-state index is 0.865. The second kappa shape index (κ2) is 15.1. The van der Waals surface area contributed by atoms with Gasteiger partial charge in [0.05, 0.1) is 0 Å². The Kier molecular flexibility index (Phi) is 14.9. The highest BCUT2D eigenvalue weighted by Gasteiger charge is 2.08. The van der Waals surface area contributed by atoms with E-state index in [0.29, 0.717) is 0 Å². The molecule has 0 saturated heterocycles. The van der Waals surface area contributed by atoms with Crippen LogP contribution in [0.15, 0.2) is 11.6 Å². The quantitative estimate of drug-likeness (QED) is 0.226. The maximum Gasteiger partial charge on any atom is -0.0206 e. The summed E-state index contributed by atoms with van der Waals surface area (Å²) in [6, 6.07) is 0. The molecule has 0 spiro atoms. The van der Waals surface area contributed by atoms with Crippen LogP contribution in [-0.4, -0.2) is 0 Å². The molecule has 0 heteroatoms. The van der Waals surface area contributed by atoms with Gasteiger partial charge >= 0.3 is 0 Å². The van der Waals surface area contributed by atoms with Gasteiger partial charge in [0, 0.05) is 0 Å². The Hall–Kier alpha value is -0.260. The van der Waals surface area contributed by atoms with Gasteiger partial charge in [-0.3, -0.25) is 0 Å². The van der Waals surface area contributed by atoms with Crippen molar-refractivity contribution in [3.63, 3.8) is 0 Å². The van der Waals surface area contributed by atoms with Crippen molar-refractivity contribution in [1.29, 1.82) is 0 Å². The molecular formula is C20H40. The zero-order valence-corrected chi connectivity index (χ0v) is 14.8. The summed E-state index contributed by atoms with van der Waals surface area (Å²) in [5.74, 6) is 0.865. The Bertz CT molecular complexity index is 214. The minimum Gasteiger partial charge on any atom is -0.0853 e. The van der Waals surface area contributed by atoms with Crippen LogP contribution in [0.2, 0.25) is 0 Å². The molecular weight excluding hydrogens is 240 g/mol. The van der Waals surface area contributed by atoms with E-state index in [1.54, 1.807) is 5.57 Å². The average Bonchev–Trinajstić information content (AvgIpc) is 2.46. The molecule has 0 aromatic heterocycles. The van der Waals surface area contributed by atoms with Crippen molar-refractivity contribution in [1.82, 2.24) is 0 Å². The van der Waals surface area contributed by atoms with Crippen LogP contribution in [0.1, 0.15) is 111 Å². The monoisotopic (exact) mass is 280 g/mol. The van der Waals surface area contributed by atoms with Crippen LogP contribution in [0.5, 0.6) is 0 Å². The highest BCUT2D eigenvalue weighted by atomic mass is 14.1. The highest BCUT2D eigenvalue weighted by molar-refractivity contribution is 5.03. The lowest BCUT2D eigenvalue weighted by Gasteiger charge is -2.17. The van der Waals surface area contributed by atoms with Crippen LogP contribution >= 0.6 is 0 Å². The first-order valence-electron chi connectivity index (χ1n) is 9.42. The fourth-order valence-corrected chi connectivity index (χ4v) is 3.00. The normalized spacial score (nSPS) is 13.7. The summed E-state index contributed by atoms with van der Waals surface area (Å²) < 4.78 is 0. The number of unbranched alkanes of at least 4 members (excludes halogenated alkanes) is 8. The molecule has 0 fully saturated rings. The molecule has 120 valence electrons. The molecule has 0 aromatic rings. The van der Waals surface area contributed by atoms with Crippen molar-refractivity contribution in [2.24, 2.45) is 5.92 Å². The SMILES string of the molecule is CCCCCCCCCC=C(C)C(CCC)CCCC. The third-order valence-electron chi connectivity index (χ3n) is 4.46. The minimum atomic E-state index is 0.865. The van der Waals surface area contributed by atoms with Gasteiger partial charge in [0.2, 0.25) is 0 Å². The molecule has 20 heavy (non-hydrogen) atoms. The number of rotatable bonds is 14. The molecule has 0 aliphatic heterocycles. The molecule has 0 aliphatic carbocycles. The summed E-state index contributed by atoms with van der Waals surface area (Å²) >= 11 is 0. The van der Waals surface area contributed by atoms with Crippen molar-refractivity contribution in [3.05, 3.63) is 11.6 Å². The Morgan fingerprint density at radius 2 is 1.30 bits per heavy atom. The fourth-order valence-electron chi connectivity index (χ4n) is 3.00. The van der Waals surface area contributed by atoms with Gasteiger partial charge in [0.15, 0.2) is 0 Å². The highest BCUT2D eigenvalue weighted by Crippen LogP contribution is 2.24. The van der Waals surface area contributed by atoms with Crippen molar-refractivity contribution >= 4 is 0 Å². The molecule has 0 aliphatic rings. The van der Waals surface area contributed by atoms with Gasteiger partial charge in [0.1, 0.15) is 0 Å². The largest absolute Gasteiger partial charge is 0.0853 e. The predicted molar refractivity (Wildman–Crippen MR) is 94.3 cm³/mol. The lowest BCUT2D eigenvalue weighted by atomic mass is 9.89. The Balaban J connectivity index is 3.73. The van der Waals surface area contributed by atoms with E-state index < -0.39 is 0 Å². The average molecular weight is 281 g/mol. The van der Waals surface area contributed by atoms with Gasteiger partial charge in [-0.2, -0.15) is 0 Å². The number of hydrogen-bond donors (Lipinski definition) is 0. The standard InChI is InChI=1S/C20H40/c1-5-8-10-11-12-13-14-15-17-19(4)20(16-7-3)18-9-6-2/h17,20H,5-16,18H2,1-4H3. The smallest absolute Gasteiger partial charge is 0.0206 e. The maximum absolute atomic E-state index is 2.54. The van der Waals surface area contributed by atoms with E-state index in [1.165, 1.54) is 83.5 Å². The topological polar surface area (TPSA) is 0 Å². The lowest BCUT2D eigenvalue weighted by molar-refractivity contribution is 0.486. The van der Waals surface area contributed by atoms with Gasteiger partial charge in [-0.05, 0) is 38.5 Å². The molecule has 0 radical (unpaired) electrons. The summed E-state index contributed by atoms with van der Waals surface area (Å²) in [5.41, 5.74) is 1.67. The lowest BCUT2D eigenvalue weighted by Crippen LogP contribution is -2.02. The van der Waals surface area contributed by atoms with E-state index in [0.717, 1.165) is 5.92 Å². The second-order valence-corrected chi connectivity index (χ2v) is 6.49. The van der Waals surface area contributed by atoms with Crippen LogP contribution in [0.4, 0.5) is 0 Å². The predicted octanol–water partition coefficient (Wildman–Crippen LogP) is 7.68. The van der Waals surface area contributed by atoms with E-state index in [9.17, 15) is 0 Å². The maximum atomic E-state index is 2.54. The summed E-state index contributed by atoms with van der Waals surface area (Å²) in [7, 11) is 0. The summed E-state index contributed by atoms with van der Waals surface area (Å²) in [5, 5.41) is 0. The van der Waals surface area contributed by atoms with Gasteiger partial charge in [-0.25, -0.2) is 0 Å². The zero-order valence-electron chi connectivity index (χ0n) is 14.8. The molecule has 0 N–H and O–H groups in total. The third-order valence-corrected chi connectivity index (χ3v) is 4.46. The first-order valence-corrected chi connectivity index (χ1v) is 9.42. The zero-order chi connectivity index (χ0) is 15.1. The second-order valence-electron chi connectivity index (χ2n) is 6.49. The van der Waals surface area contributed by atoms with Gasteiger partial charge in [-0.15, -0.1) is 0 Å². The van der Waals surface area contributed by atoms with Crippen LogP contribution in [0.3, 0.4) is 0 Å². The van der Waals surface area contributed by atoms with Gasteiger partial charge in [0.25, 0.3) is 0 Å². The van der Waals surface area contributed by atoms with E-state index in [2.05, 4.69) is 33.8 Å². The van der Waals surface area contributed by atoms with Crippen LogP contribution in [-0.2, 0) is 0 Å². The van der Waals surface area contributed by atoms with E-state index in [-0.39, 0.29) is 0 Å². The van der Waals surface area contributed by atoms with Crippen LogP contribution in [0.25, 0.3) is 0 Å². The van der Waals surface area contributed by atoms with Crippen LogP contribution < -0.4 is 0 Å². The van der Waals surface area contributed by atoms with Gasteiger partial charge in [-0.1, -0.05) is 90.2 Å². The molecule has 0 bridgehead atoms. The molecule has 0 aromatic carbocycles. The van der Waals surface area contributed by atoms with Crippen molar-refractivity contribution in [2.75, 3.05) is 0 Å². The van der Waals surface area contributed by atoms with Crippen molar-refractivity contribution < 1.29 is 0 Å². The molecule has 0 amide bonds. The molecule has 0 saturated carbocycles. The first-order chi connectivity index (χ1) is 9.76. The molecule has 0 rings (SSSR count). The Morgan fingerprint density at radius 1 is 0.700 bits per heavy atom. The molecule has 1 atom stereocenters. The fraction of sp³-hybridized carbons (Fsp3) is 0.900. The first kappa shape index (κ1) is 19.7. The van der Waals surface area contributed by atoms with E-state index in [1.807, 2.05) is 0 Å². The molecule has 1 unspecified atom stereocenters. The summed E-state index contributed by atoms with van der Waals surface area (Å²) in [4.78, 5) is 0. The van der Waals surface area contributed by atoms with Crippen molar-refractivity contribution in [2.45, 2.75) is 111 Å². The van der Waals surface area contributed by atoms with Gasteiger partial charge < -0.3 is 0 Å². The molecule has 0 heterocycles. The molecule has 0 nitrogen and oxygen atoms in total. The third kappa shape index (κ3) is 11.6. The van der Waals surface area contributed by atoms with Crippen LogP contribution in [0, 0.1) is 5.92 Å².